The van der Waals surface area contributed by atoms with Gasteiger partial charge in [-0.3, -0.25) is 0 Å². The van der Waals surface area contributed by atoms with Gasteiger partial charge in [0.05, 0.1) is 5.60 Å². The first kappa shape index (κ1) is 10.6. The fourth-order valence-electron chi connectivity index (χ4n) is 2.14. The Balaban J connectivity index is 2.14. The van der Waals surface area contributed by atoms with Crippen molar-refractivity contribution in [1.82, 2.24) is 0 Å². The van der Waals surface area contributed by atoms with Crippen molar-refractivity contribution in [3.63, 3.8) is 0 Å². The molecule has 1 N–H and O–H groups in total. The number of hydrogen-bond acceptors (Lipinski definition) is 1. The minimum atomic E-state index is -0.340. The summed E-state index contributed by atoms with van der Waals surface area (Å²) in [6.07, 6.45) is 14.8. The van der Waals surface area contributed by atoms with Gasteiger partial charge >= 0.3 is 0 Å². The molecule has 0 amide bonds. The van der Waals surface area contributed by atoms with Gasteiger partial charge in [0, 0.05) is 6.42 Å². The monoisotopic (exact) mass is 180 g/mol. The SMILES string of the molecule is C#CCCCCC1(O)CCCCC1. The summed E-state index contributed by atoms with van der Waals surface area (Å²) in [5, 5.41) is 10.1. The lowest BCUT2D eigenvalue weighted by atomic mass is 9.81. The Morgan fingerprint density at radius 1 is 1.15 bits per heavy atom. The van der Waals surface area contributed by atoms with Gasteiger partial charge in [0.25, 0.3) is 0 Å². The molecule has 1 rings (SSSR count). The lowest BCUT2D eigenvalue weighted by Gasteiger charge is -2.32. The van der Waals surface area contributed by atoms with Crippen LogP contribution in [0.15, 0.2) is 0 Å². The molecular weight excluding hydrogens is 160 g/mol. The van der Waals surface area contributed by atoms with E-state index in [0.29, 0.717) is 0 Å². The smallest absolute Gasteiger partial charge is 0.0647 e. The van der Waals surface area contributed by atoms with E-state index >= 15 is 0 Å². The second-order valence-electron chi connectivity index (χ2n) is 4.20. The van der Waals surface area contributed by atoms with Gasteiger partial charge in [0.1, 0.15) is 0 Å². The van der Waals surface area contributed by atoms with Gasteiger partial charge in [-0.2, -0.15) is 0 Å². The van der Waals surface area contributed by atoms with Crippen molar-refractivity contribution in [2.45, 2.75) is 63.4 Å². The van der Waals surface area contributed by atoms with Gasteiger partial charge in [0.15, 0.2) is 0 Å². The van der Waals surface area contributed by atoms with Crippen molar-refractivity contribution >= 4 is 0 Å². The van der Waals surface area contributed by atoms with Crippen LogP contribution in [0.5, 0.6) is 0 Å². The zero-order chi connectivity index (χ0) is 9.57. The second kappa shape index (κ2) is 5.29. The maximum atomic E-state index is 10.1. The quantitative estimate of drug-likeness (QED) is 0.521. The predicted molar refractivity (Wildman–Crippen MR) is 55.3 cm³/mol. The number of unbranched alkanes of at least 4 members (excludes halogenated alkanes) is 2. The van der Waals surface area contributed by atoms with Crippen LogP contribution in [0.3, 0.4) is 0 Å². The molecule has 1 fully saturated rings. The molecule has 13 heavy (non-hydrogen) atoms. The summed E-state index contributed by atoms with van der Waals surface area (Å²) < 4.78 is 0. The Kier molecular flexibility index (Phi) is 4.32. The molecule has 0 aromatic rings. The Hall–Kier alpha value is -0.480. The lowest BCUT2D eigenvalue weighted by molar-refractivity contribution is -0.00566. The van der Waals surface area contributed by atoms with Crippen molar-refractivity contribution in [2.75, 3.05) is 0 Å². The van der Waals surface area contributed by atoms with Crippen molar-refractivity contribution in [2.24, 2.45) is 0 Å². The third-order valence-electron chi connectivity index (χ3n) is 3.00. The fourth-order valence-corrected chi connectivity index (χ4v) is 2.14. The van der Waals surface area contributed by atoms with Crippen molar-refractivity contribution in [3.05, 3.63) is 0 Å². The van der Waals surface area contributed by atoms with Gasteiger partial charge < -0.3 is 5.11 Å². The second-order valence-corrected chi connectivity index (χ2v) is 4.20. The number of rotatable bonds is 4. The first-order valence-electron chi connectivity index (χ1n) is 5.43. The Morgan fingerprint density at radius 2 is 1.85 bits per heavy atom. The van der Waals surface area contributed by atoms with E-state index in [1.807, 2.05) is 0 Å². The zero-order valence-corrected chi connectivity index (χ0v) is 8.39. The average Bonchev–Trinajstić information content (AvgIpc) is 2.14. The standard InChI is InChI=1S/C12H20O/c1-2-3-4-6-9-12(13)10-7-5-8-11-12/h1,13H,3-11H2. The summed E-state index contributed by atoms with van der Waals surface area (Å²) in [5.74, 6) is 2.64. The first-order valence-corrected chi connectivity index (χ1v) is 5.43. The molecule has 0 saturated heterocycles. The number of hydrogen-bond donors (Lipinski definition) is 1. The molecule has 74 valence electrons. The molecule has 0 unspecified atom stereocenters. The molecule has 1 aliphatic rings. The summed E-state index contributed by atoms with van der Waals surface area (Å²) in [7, 11) is 0. The average molecular weight is 180 g/mol. The van der Waals surface area contributed by atoms with Crippen LogP contribution in [0, 0.1) is 12.3 Å². The summed E-state index contributed by atoms with van der Waals surface area (Å²) in [6.45, 7) is 0. The predicted octanol–water partition coefficient (Wildman–Crippen LogP) is 2.88. The molecule has 1 aliphatic carbocycles. The van der Waals surface area contributed by atoms with Crippen molar-refractivity contribution in [1.29, 1.82) is 0 Å². The molecule has 1 nitrogen and oxygen atoms in total. The molecule has 0 radical (unpaired) electrons. The van der Waals surface area contributed by atoms with Crippen LogP contribution in [-0.2, 0) is 0 Å². The summed E-state index contributed by atoms with van der Waals surface area (Å²) >= 11 is 0. The molecular formula is C12H20O. The highest BCUT2D eigenvalue weighted by Crippen LogP contribution is 2.32. The molecule has 1 saturated carbocycles. The van der Waals surface area contributed by atoms with Crippen LogP contribution >= 0.6 is 0 Å². The van der Waals surface area contributed by atoms with Crippen LogP contribution in [-0.4, -0.2) is 10.7 Å². The third-order valence-corrected chi connectivity index (χ3v) is 3.00. The van der Waals surface area contributed by atoms with Gasteiger partial charge in [-0.05, 0) is 32.1 Å². The molecule has 0 aromatic heterocycles. The Morgan fingerprint density at radius 3 is 2.46 bits per heavy atom. The largest absolute Gasteiger partial charge is 0.390 e. The molecule has 0 bridgehead atoms. The Bertz CT molecular complexity index is 172. The van der Waals surface area contributed by atoms with Crippen LogP contribution in [0.2, 0.25) is 0 Å². The van der Waals surface area contributed by atoms with Crippen LogP contribution in [0.4, 0.5) is 0 Å². The highest BCUT2D eigenvalue weighted by atomic mass is 16.3. The zero-order valence-electron chi connectivity index (χ0n) is 8.39. The molecule has 0 atom stereocenters. The minimum absolute atomic E-state index is 0.340. The van der Waals surface area contributed by atoms with E-state index < -0.39 is 0 Å². The van der Waals surface area contributed by atoms with E-state index in [-0.39, 0.29) is 5.60 Å². The fraction of sp³-hybridized carbons (Fsp3) is 0.833. The lowest BCUT2D eigenvalue weighted by Crippen LogP contribution is -2.30. The first-order chi connectivity index (χ1) is 6.27. The molecule has 0 spiro atoms. The van der Waals surface area contributed by atoms with Gasteiger partial charge in [-0.1, -0.05) is 19.3 Å². The van der Waals surface area contributed by atoms with E-state index in [0.717, 1.165) is 38.5 Å². The molecule has 0 aromatic carbocycles. The highest BCUT2D eigenvalue weighted by molar-refractivity contribution is 4.85. The minimum Gasteiger partial charge on any atom is -0.390 e. The summed E-state index contributed by atoms with van der Waals surface area (Å²) in [5.41, 5.74) is -0.340. The maximum Gasteiger partial charge on any atom is 0.0647 e. The normalized spacial score (nSPS) is 20.9. The van der Waals surface area contributed by atoms with E-state index in [1.54, 1.807) is 0 Å². The van der Waals surface area contributed by atoms with Gasteiger partial charge in [-0.15, -0.1) is 12.3 Å². The van der Waals surface area contributed by atoms with E-state index in [9.17, 15) is 5.11 Å². The highest BCUT2D eigenvalue weighted by Gasteiger charge is 2.27. The topological polar surface area (TPSA) is 20.2 Å². The van der Waals surface area contributed by atoms with Crippen molar-refractivity contribution < 1.29 is 5.11 Å². The van der Waals surface area contributed by atoms with Gasteiger partial charge in [-0.25, -0.2) is 0 Å². The molecule has 1 heteroatoms. The third kappa shape index (κ3) is 3.83. The van der Waals surface area contributed by atoms with Crippen LogP contribution in [0.25, 0.3) is 0 Å². The maximum absolute atomic E-state index is 10.1. The van der Waals surface area contributed by atoms with E-state index in [2.05, 4.69) is 5.92 Å². The van der Waals surface area contributed by atoms with Crippen LogP contribution in [0.1, 0.15) is 57.8 Å². The van der Waals surface area contributed by atoms with Gasteiger partial charge in [0.2, 0.25) is 0 Å². The number of terminal acetylenes is 1. The Labute approximate surface area is 81.5 Å². The summed E-state index contributed by atoms with van der Waals surface area (Å²) in [4.78, 5) is 0. The summed E-state index contributed by atoms with van der Waals surface area (Å²) in [6, 6.07) is 0. The molecule has 0 aliphatic heterocycles. The number of aliphatic hydroxyl groups is 1. The van der Waals surface area contributed by atoms with E-state index in [1.165, 1.54) is 19.3 Å². The van der Waals surface area contributed by atoms with Crippen LogP contribution < -0.4 is 0 Å². The van der Waals surface area contributed by atoms with E-state index in [4.69, 9.17) is 6.42 Å². The molecule has 0 heterocycles. The van der Waals surface area contributed by atoms with Crippen molar-refractivity contribution in [3.8, 4) is 12.3 Å².